The molecule has 274 valence electrons. The van der Waals surface area contributed by atoms with Gasteiger partial charge in [-0.15, -0.1) is 0 Å². The van der Waals surface area contributed by atoms with Gasteiger partial charge >= 0.3 is 13.8 Å². The lowest BCUT2D eigenvalue weighted by atomic mass is 10.1. The molecule has 0 saturated carbocycles. The summed E-state index contributed by atoms with van der Waals surface area (Å²) >= 11 is 0. The lowest BCUT2D eigenvalue weighted by Gasteiger charge is -2.20. The lowest BCUT2D eigenvalue weighted by Crippen LogP contribution is -2.28. The molecule has 0 aromatic rings. The van der Waals surface area contributed by atoms with Gasteiger partial charge in [0.05, 0.1) is 19.8 Å². The fraction of sp³-hybridized carbons (Fsp3) is 0.763. The van der Waals surface area contributed by atoms with Gasteiger partial charge < -0.3 is 20.1 Å². The zero-order chi connectivity index (χ0) is 34.5. The monoisotopic (exact) mass is 683 g/mol. The molecule has 0 aliphatic heterocycles. The molecule has 0 aliphatic rings. The van der Waals surface area contributed by atoms with Gasteiger partial charge in [-0.3, -0.25) is 13.8 Å². The predicted molar refractivity (Wildman–Crippen MR) is 196 cm³/mol. The van der Waals surface area contributed by atoms with Crippen molar-refractivity contribution in [3.05, 3.63) is 48.6 Å². The van der Waals surface area contributed by atoms with E-state index in [1.807, 2.05) is 0 Å². The maximum Gasteiger partial charge on any atom is 0.472 e. The number of rotatable bonds is 35. The van der Waals surface area contributed by atoms with E-state index in [4.69, 9.17) is 24.3 Å². The first-order chi connectivity index (χ1) is 22.9. The predicted octanol–water partition coefficient (Wildman–Crippen LogP) is 10.5. The van der Waals surface area contributed by atoms with Crippen LogP contribution in [0, 0.1) is 0 Å². The lowest BCUT2D eigenvalue weighted by molar-refractivity contribution is -0.154. The minimum absolute atomic E-state index is 0.0978. The Morgan fingerprint density at radius 3 is 1.79 bits per heavy atom. The Morgan fingerprint density at radius 2 is 1.19 bits per heavy atom. The van der Waals surface area contributed by atoms with E-state index in [1.165, 1.54) is 70.6 Å². The normalized spacial score (nSPS) is 14.2. The van der Waals surface area contributed by atoms with E-state index < -0.39 is 13.9 Å². The van der Waals surface area contributed by atoms with Crippen molar-refractivity contribution in [2.45, 2.75) is 155 Å². The zero-order valence-electron chi connectivity index (χ0n) is 30.0. The third kappa shape index (κ3) is 35.6. The van der Waals surface area contributed by atoms with Gasteiger partial charge in [-0.1, -0.05) is 140 Å². The van der Waals surface area contributed by atoms with Crippen molar-refractivity contribution in [2.24, 2.45) is 5.73 Å². The standard InChI is InChI=1S/C38H70NO7P/c1-3-5-7-9-11-12-13-14-15-16-17-18-19-20-21-22-23-24-25-26-28-30-33-43-35-37(36-45-47(41,42)44-34-32-39)46-38(40)31-29-27-10-8-6-4-2/h5,7,11-12,14-15,17-18,37H,3-4,6,8-10,13,16,19-36,39H2,1-2H3,(H,41,42)/b7-5-,12-11-,15-14-,18-17-. The van der Waals surface area contributed by atoms with E-state index in [9.17, 15) is 14.3 Å². The summed E-state index contributed by atoms with van der Waals surface area (Å²) in [5.41, 5.74) is 5.33. The van der Waals surface area contributed by atoms with E-state index in [0.717, 1.165) is 57.8 Å². The van der Waals surface area contributed by atoms with Gasteiger partial charge in [0.15, 0.2) is 0 Å². The molecule has 0 aromatic heterocycles. The van der Waals surface area contributed by atoms with Gasteiger partial charge in [0.2, 0.25) is 0 Å². The quantitative estimate of drug-likeness (QED) is 0.0293. The molecule has 0 spiro atoms. The maximum atomic E-state index is 12.4. The third-order valence-electron chi connectivity index (χ3n) is 7.51. The van der Waals surface area contributed by atoms with Crippen LogP contribution in [0.5, 0.6) is 0 Å². The van der Waals surface area contributed by atoms with Crippen molar-refractivity contribution in [3.63, 3.8) is 0 Å². The number of carbonyl (C=O) groups is 1. The molecule has 0 rings (SSSR count). The second-order valence-corrected chi connectivity index (χ2v) is 13.5. The topological polar surface area (TPSA) is 117 Å². The Labute approximate surface area is 288 Å². The molecule has 47 heavy (non-hydrogen) atoms. The van der Waals surface area contributed by atoms with Crippen LogP contribution in [0.15, 0.2) is 48.6 Å². The van der Waals surface area contributed by atoms with E-state index in [1.54, 1.807) is 0 Å². The van der Waals surface area contributed by atoms with Crippen molar-refractivity contribution in [3.8, 4) is 0 Å². The van der Waals surface area contributed by atoms with Crippen LogP contribution in [0.4, 0.5) is 0 Å². The summed E-state index contributed by atoms with van der Waals surface area (Å²) in [6.07, 6.45) is 40.1. The van der Waals surface area contributed by atoms with Crippen molar-refractivity contribution in [1.29, 1.82) is 0 Å². The van der Waals surface area contributed by atoms with Crippen LogP contribution in [0.2, 0.25) is 0 Å². The van der Waals surface area contributed by atoms with Crippen LogP contribution >= 0.6 is 7.82 Å². The highest BCUT2D eigenvalue weighted by molar-refractivity contribution is 7.47. The van der Waals surface area contributed by atoms with E-state index in [0.29, 0.717) is 13.0 Å². The molecule has 0 aromatic carbocycles. The molecule has 0 bridgehead atoms. The number of esters is 1. The highest BCUT2D eigenvalue weighted by Crippen LogP contribution is 2.43. The average Bonchev–Trinajstić information content (AvgIpc) is 3.06. The number of phosphoric ester groups is 1. The fourth-order valence-corrected chi connectivity index (χ4v) is 5.57. The van der Waals surface area contributed by atoms with Crippen LogP contribution in [0.25, 0.3) is 0 Å². The summed E-state index contributed by atoms with van der Waals surface area (Å²) in [7, 11) is -4.26. The Morgan fingerprint density at radius 1 is 0.660 bits per heavy atom. The average molecular weight is 684 g/mol. The number of phosphoric acid groups is 1. The van der Waals surface area contributed by atoms with Gasteiger partial charge in [0, 0.05) is 19.6 Å². The SMILES string of the molecule is CC/C=C\C/C=C\C/C=C\C/C=C\CCCCCCCCCCCOCC(COP(=O)(O)OCCN)OC(=O)CCCCCCCC. The second-order valence-electron chi connectivity index (χ2n) is 12.1. The number of hydrogen-bond donors (Lipinski definition) is 2. The summed E-state index contributed by atoms with van der Waals surface area (Å²) in [5.74, 6) is -0.344. The number of ether oxygens (including phenoxy) is 2. The van der Waals surface area contributed by atoms with Crippen molar-refractivity contribution >= 4 is 13.8 Å². The molecule has 0 radical (unpaired) electrons. The Kier molecular flexibility index (Phi) is 34.6. The third-order valence-corrected chi connectivity index (χ3v) is 8.49. The highest BCUT2D eigenvalue weighted by atomic mass is 31.2. The number of hydrogen-bond acceptors (Lipinski definition) is 7. The second kappa shape index (κ2) is 35.8. The first kappa shape index (κ1) is 45.5. The van der Waals surface area contributed by atoms with Crippen LogP contribution < -0.4 is 5.73 Å². The molecule has 3 N–H and O–H groups in total. The number of carbonyl (C=O) groups excluding carboxylic acids is 1. The van der Waals surface area contributed by atoms with E-state index in [-0.39, 0.29) is 32.3 Å². The molecule has 2 unspecified atom stereocenters. The smallest absolute Gasteiger partial charge is 0.457 e. The number of nitrogens with two attached hydrogens (primary N) is 1. The number of unbranched alkanes of at least 4 members (excludes halogenated alkanes) is 14. The van der Waals surface area contributed by atoms with Crippen molar-refractivity contribution < 1.29 is 32.8 Å². The van der Waals surface area contributed by atoms with Crippen LogP contribution in [-0.4, -0.2) is 49.9 Å². The Balaban J connectivity index is 3.92. The van der Waals surface area contributed by atoms with Crippen molar-refractivity contribution in [2.75, 3.05) is 33.0 Å². The van der Waals surface area contributed by atoms with E-state index in [2.05, 4.69) is 62.5 Å². The summed E-state index contributed by atoms with van der Waals surface area (Å²) in [5, 5.41) is 0. The van der Waals surface area contributed by atoms with Gasteiger partial charge in [-0.25, -0.2) is 4.57 Å². The van der Waals surface area contributed by atoms with E-state index >= 15 is 0 Å². The van der Waals surface area contributed by atoms with Crippen molar-refractivity contribution in [1.82, 2.24) is 0 Å². The van der Waals surface area contributed by atoms with Gasteiger partial charge in [0.25, 0.3) is 0 Å². The molecular weight excluding hydrogens is 613 g/mol. The molecule has 0 aliphatic carbocycles. The van der Waals surface area contributed by atoms with Gasteiger partial charge in [0.1, 0.15) is 6.10 Å². The first-order valence-corrected chi connectivity index (χ1v) is 20.1. The Hall–Kier alpha value is -1.54. The molecular formula is C38H70NO7P. The maximum absolute atomic E-state index is 12.4. The van der Waals surface area contributed by atoms with Gasteiger partial charge in [-0.2, -0.15) is 0 Å². The minimum Gasteiger partial charge on any atom is -0.457 e. The van der Waals surface area contributed by atoms with Crippen LogP contribution in [0.1, 0.15) is 149 Å². The molecule has 0 heterocycles. The number of allylic oxidation sites excluding steroid dienone is 8. The van der Waals surface area contributed by atoms with Crippen LogP contribution in [-0.2, 0) is 27.9 Å². The largest absolute Gasteiger partial charge is 0.472 e. The highest BCUT2D eigenvalue weighted by Gasteiger charge is 2.25. The Bertz CT molecular complexity index is 859. The molecule has 2 atom stereocenters. The zero-order valence-corrected chi connectivity index (χ0v) is 30.9. The fourth-order valence-electron chi connectivity index (χ4n) is 4.81. The molecule has 0 fully saturated rings. The minimum atomic E-state index is -4.26. The van der Waals surface area contributed by atoms with Gasteiger partial charge in [-0.05, 0) is 51.4 Å². The molecule has 9 heteroatoms. The summed E-state index contributed by atoms with van der Waals surface area (Å²) in [6.45, 7) is 4.71. The summed E-state index contributed by atoms with van der Waals surface area (Å²) in [6, 6.07) is 0. The molecule has 0 saturated heterocycles. The van der Waals surface area contributed by atoms with Crippen LogP contribution in [0.3, 0.4) is 0 Å². The molecule has 8 nitrogen and oxygen atoms in total. The molecule has 0 amide bonds. The summed E-state index contributed by atoms with van der Waals surface area (Å²) < 4.78 is 33.1. The first-order valence-electron chi connectivity index (χ1n) is 18.6. The summed E-state index contributed by atoms with van der Waals surface area (Å²) in [4.78, 5) is 22.2.